The quantitative estimate of drug-likeness (QED) is 0.802. The van der Waals surface area contributed by atoms with Gasteiger partial charge >= 0.3 is 0 Å². The minimum Gasteiger partial charge on any atom is -0.394 e. The molecule has 2 unspecified atom stereocenters. The van der Waals surface area contributed by atoms with Gasteiger partial charge in [0.2, 0.25) is 0 Å². The van der Waals surface area contributed by atoms with Gasteiger partial charge in [-0.2, -0.15) is 0 Å². The van der Waals surface area contributed by atoms with Crippen molar-refractivity contribution in [3.05, 3.63) is 28.7 Å². The lowest BCUT2D eigenvalue weighted by Gasteiger charge is -2.43. The topological polar surface area (TPSA) is 44.3 Å². The number of hydrogen-bond donors (Lipinski definition) is 3. The molecule has 1 heterocycles. The van der Waals surface area contributed by atoms with Crippen LogP contribution in [0.15, 0.2) is 28.7 Å². The fourth-order valence-electron chi connectivity index (χ4n) is 2.35. The third kappa shape index (κ3) is 2.81. The molecule has 17 heavy (non-hydrogen) atoms. The molecule has 0 radical (unpaired) electrons. The third-order valence-corrected chi connectivity index (χ3v) is 4.19. The Kier molecular flexibility index (Phi) is 4.07. The van der Waals surface area contributed by atoms with E-state index in [0.29, 0.717) is 5.92 Å². The van der Waals surface area contributed by atoms with Crippen molar-refractivity contribution in [2.24, 2.45) is 5.92 Å². The maximum absolute atomic E-state index is 9.73. The van der Waals surface area contributed by atoms with E-state index in [-0.39, 0.29) is 12.1 Å². The molecule has 4 heteroatoms. The molecule has 1 aliphatic rings. The van der Waals surface area contributed by atoms with Crippen molar-refractivity contribution in [3.8, 4) is 0 Å². The number of benzene rings is 1. The molecule has 0 aromatic heterocycles. The highest BCUT2D eigenvalue weighted by Gasteiger charge is 2.37. The van der Waals surface area contributed by atoms with Crippen LogP contribution in [0.1, 0.15) is 13.3 Å². The Bertz CT molecular complexity index is 368. The maximum Gasteiger partial charge on any atom is 0.0665 e. The van der Waals surface area contributed by atoms with Crippen molar-refractivity contribution in [1.29, 1.82) is 0 Å². The zero-order valence-corrected chi connectivity index (χ0v) is 11.6. The number of aliphatic hydroxyl groups is 1. The van der Waals surface area contributed by atoms with Crippen LogP contribution >= 0.6 is 15.9 Å². The van der Waals surface area contributed by atoms with Crippen LogP contribution in [0.4, 0.5) is 5.69 Å². The molecule has 1 aromatic carbocycles. The van der Waals surface area contributed by atoms with Gasteiger partial charge in [0.15, 0.2) is 0 Å². The molecule has 2 rings (SSSR count). The fourth-order valence-corrected chi connectivity index (χ4v) is 2.62. The first-order valence-corrected chi connectivity index (χ1v) is 6.81. The summed E-state index contributed by atoms with van der Waals surface area (Å²) >= 11 is 3.43. The van der Waals surface area contributed by atoms with Gasteiger partial charge in [-0.15, -0.1) is 0 Å². The molecule has 3 N–H and O–H groups in total. The zero-order chi connectivity index (χ0) is 12.3. The van der Waals surface area contributed by atoms with Gasteiger partial charge in [-0.05, 0) is 43.1 Å². The van der Waals surface area contributed by atoms with Gasteiger partial charge in [0.25, 0.3) is 0 Å². The SMILES string of the molecule is CC1CNCCC1(CO)Nc1ccc(Br)cc1. The molecule has 1 saturated heterocycles. The molecule has 0 amide bonds. The number of aliphatic hydroxyl groups excluding tert-OH is 1. The largest absolute Gasteiger partial charge is 0.394 e. The van der Waals surface area contributed by atoms with Gasteiger partial charge in [0.1, 0.15) is 0 Å². The van der Waals surface area contributed by atoms with Gasteiger partial charge in [-0.25, -0.2) is 0 Å². The van der Waals surface area contributed by atoms with Gasteiger partial charge in [-0.3, -0.25) is 0 Å². The first-order chi connectivity index (χ1) is 8.16. The Morgan fingerprint density at radius 1 is 1.47 bits per heavy atom. The van der Waals surface area contributed by atoms with Crippen molar-refractivity contribution in [2.75, 3.05) is 25.0 Å². The smallest absolute Gasteiger partial charge is 0.0665 e. The summed E-state index contributed by atoms with van der Waals surface area (Å²) in [6, 6.07) is 8.10. The van der Waals surface area contributed by atoms with Crippen LogP contribution in [0.3, 0.4) is 0 Å². The second-order valence-corrected chi connectivity index (χ2v) is 5.72. The standard InChI is InChI=1S/C13H19BrN2O/c1-10-8-15-7-6-13(10,9-17)16-12-4-2-11(14)3-5-12/h2-5,10,15-17H,6-9H2,1H3. The summed E-state index contributed by atoms with van der Waals surface area (Å²) in [6.45, 7) is 4.25. The van der Waals surface area contributed by atoms with Crippen LogP contribution < -0.4 is 10.6 Å². The molecule has 94 valence electrons. The minimum atomic E-state index is -0.195. The lowest BCUT2D eigenvalue weighted by molar-refractivity contribution is 0.135. The Labute approximate surface area is 111 Å². The lowest BCUT2D eigenvalue weighted by Crippen LogP contribution is -2.56. The highest BCUT2D eigenvalue weighted by atomic mass is 79.9. The maximum atomic E-state index is 9.73. The van der Waals surface area contributed by atoms with Crippen molar-refractivity contribution in [3.63, 3.8) is 0 Å². The molecule has 0 bridgehead atoms. The minimum absolute atomic E-state index is 0.173. The average molecular weight is 299 g/mol. The number of nitrogens with one attached hydrogen (secondary N) is 2. The normalized spacial score (nSPS) is 29.0. The second-order valence-electron chi connectivity index (χ2n) is 4.80. The lowest BCUT2D eigenvalue weighted by atomic mass is 9.80. The molecule has 1 aliphatic heterocycles. The van der Waals surface area contributed by atoms with Crippen LogP contribution in [0.5, 0.6) is 0 Å². The first-order valence-electron chi connectivity index (χ1n) is 6.02. The van der Waals surface area contributed by atoms with Crippen molar-refractivity contribution in [1.82, 2.24) is 5.32 Å². The van der Waals surface area contributed by atoms with Crippen LogP contribution in [-0.2, 0) is 0 Å². The molecule has 1 fully saturated rings. The van der Waals surface area contributed by atoms with Gasteiger partial charge in [0.05, 0.1) is 12.1 Å². The number of rotatable bonds is 3. The summed E-state index contributed by atoms with van der Waals surface area (Å²) in [5.41, 5.74) is 0.870. The summed E-state index contributed by atoms with van der Waals surface area (Å²) in [6.07, 6.45) is 0.945. The van der Waals surface area contributed by atoms with E-state index in [0.717, 1.165) is 29.7 Å². The zero-order valence-electron chi connectivity index (χ0n) is 10.0. The van der Waals surface area contributed by atoms with Crippen LogP contribution in [0, 0.1) is 5.92 Å². The summed E-state index contributed by atoms with van der Waals surface area (Å²) in [5.74, 6) is 0.407. The van der Waals surface area contributed by atoms with Crippen LogP contribution in [0.25, 0.3) is 0 Å². The Hall–Kier alpha value is -0.580. The predicted molar refractivity (Wildman–Crippen MR) is 74.2 cm³/mol. The molecule has 0 spiro atoms. The first kappa shape index (κ1) is 12.9. The van der Waals surface area contributed by atoms with E-state index in [4.69, 9.17) is 0 Å². The number of halogens is 1. The molecular weight excluding hydrogens is 280 g/mol. The molecule has 2 atom stereocenters. The molecule has 1 aromatic rings. The van der Waals surface area contributed by atoms with Gasteiger partial charge in [-0.1, -0.05) is 22.9 Å². The Balaban J connectivity index is 2.15. The van der Waals surface area contributed by atoms with E-state index in [1.54, 1.807) is 0 Å². The van der Waals surface area contributed by atoms with Crippen molar-refractivity contribution in [2.45, 2.75) is 18.9 Å². The highest BCUT2D eigenvalue weighted by molar-refractivity contribution is 9.10. The summed E-state index contributed by atoms with van der Waals surface area (Å²) in [4.78, 5) is 0. The third-order valence-electron chi connectivity index (χ3n) is 3.66. The molecule has 0 saturated carbocycles. The van der Waals surface area contributed by atoms with E-state index in [2.05, 4.69) is 33.5 Å². The summed E-state index contributed by atoms with van der Waals surface area (Å²) in [5, 5.41) is 16.6. The van der Waals surface area contributed by atoms with Crippen LogP contribution in [-0.4, -0.2) is 30.3 Å². The van der Waals surface area contributed by atoms with E-state index in [1.807, 2.05) is 24.3 Å². The summed E-state index contributed by atoms with van der Waals surface area (Å²) in [7, 11) is 0. The number of hydrogen-bond acceptors (Lipinski definition) is 3. The Morgan fingerprint density at radius 3 is 2.76 bits per heavy atom. The molecule has 0 aliphatic carbocycles. The highest BCUT2D eigenvalue weighted by Crippen LogP contribution is 2.29. The fraction of sp³-hybridized carbons (Fsp3) is 0.538. The van der Waals surface area contributed by atoms with Gasteiger partial charge < -0.3 is 15.7 Å². The van der Waals surface area contributed by atoms with Gasteiger partial charge in [0, 0.05) is 16.7 Å². The predicted octanol–water partition coefficient (Wildman–Crippen LogP) is 2.22. The van der Waals surface area contributed by atoms with E-state index in [9.17, 15) is 5.11 Å². The summed E-state index contributed by atoms with van der Waals surface area (Å²) < 4.78 is 1.07. The Morgan fingerprint density at radius 2 is 2.18 bits per heavy atom. The van der Waals surface area contributed by atoms with Crippen LogP contribution in [0.2, 0.25) is 0 Å². The monoisotopic (exact) mass is 298 g/mol. The second kappa shape index (κ2) is 5.38. The van der Waals surface area contributed by atoms with E-state index in [1.165, 1.54) is 0 Å². The molecule has 3 nitrogen and oxygen atoms in total. The number of piperidine rings is 1. The number of anilines is 1. The van der Waals surface area contributed by atoms with Crippen molar-refractivity contribution < 1.29 is 5.11 Å². The van der Waals surface area contributed by atoms with E-state index >= 15 is 0 Å². The van der Waals surface area contributed by atoms with Crippen molar-refractivity contribution >= 4 is 21.6 Å². The van der Waals surface area contributed by atoms with E-state index < -0.39 is 0 Å². The average Bonchev–Trinajstić information content (AvgIpc) is 2.35. The molecular formula is C13H19BrN2O.